The fourth-order valence-electron chi connectivity index (χ4n) is 1.36. The van der Waals surface area contributed by atoms with Gasteiger partial charge in [0.15, 0.2) is 0 Å². The first-order valence-corrected chi connectivity index (χ1v) is 6.38. The second-order valence-electron chi connectivity index (χ2n) is 3.89. The van der Waals surface area contributed by atoms with Crippen LogP contribution in [0.3, 0.4) is 0 Å². The van der Waals surface area contributed by atoms with Crippen molar-refractivity contribution >= 4 is 21.9 Å². The van der Waals surface area contributed by atoms with E-state index in [0.29, 0.717) is 6.04 Å². The predicted molar refractivity (Wildman–Crippen MR) is 70.8 cm³/mol. The van der Waals surface area contributed by atoms with E-state index in [1.165, 1.54) is 0 Å². The van der Waals surface area contributed by atoms with Crippen LogP contribution in [0.5, 0.6) is 0 Å². The molecule has 1 aromatic heterocycles. The van der Waals surface area contributed by atoms with Crippen LogP contribution >= 0.6 is 15.9 Å². The van der Waals surface area contributed by atoms with E-state index in [1.54, 1.807) is 12.4 Å². The van der Waals surface area contributed by atoms with E-state index in [-0.39, 0.29) is 0 Å². The van der Waals surface area contributed by atoms with Crippen LogP contribution in [0, 0.1) is 0 Å². The van der Waals surface area contributed by atoms with Crippen LogP contribution in [-0.2, 0) is 0 Å². The molecule has 0 saturated carbocycles. The predicted octanol–water partition coefficient (Wildman–Crippen LogP) is 2.06. The number of halogens is 1. The standard InChI is InChI=1S/C11H19BrN4/c1-4-16(6-5-13-9(2)3)11-14-7-10(12)8-15-11/h7-9,13H,4-6H2,1-3H3. The molecule has 5 heteroatoms. The zero-order chi connectivity index (χ0) is 12.0. The van der Waals surface area contributed by atoms with Crippen molar-refractivity contribution < 1.29 is 0 Å². The highest BCUT2D eigenvalue weighted by Crippen LogP contribution is 2.10. The molecule has 0 unspecified atom stereocenters. The number of hydrogen-bond acceptors (Lipinski definition) is 4. The lowest BCUT2D eigenvalue weighted by Gasteiger charge is -2.21. The van der Waals surface area contributed by atoms with Gasteiger partial charge in [-0.05, 0) is 22.9 Å². The van der Waals surface area contributed by atoms with Crippen LogP contribution in [0.1, 0.15) is 20.8 Å². The quantitative estimate of drug-likeness (QED) is 0.869. The summed E-state index contributed by atoms with van der Waals surface area (Å²) in [6, 6.07) is 0.518. The molecule has 90 valence electrons. The van der Waals surface area contributed by atoms with Gasteiger partial charge in [0.1, 0.15) is 0 Å². The van der Waals surface area contributed by atoms with Gasteiger partial charge in [0.25, 0.3) is 0 Å². The molecule has 0 aliphatic carbocycles. The summed E-state index contributed by atoms with van der Waals surface area (Å²) in [4.78, 5) is 10.7. The van der Waals surface area contributed by atoms with Gasteiger partial charge in [-0.1, -0.05) is 13.8 Å². The smallest absolute Gasteiger partial charge is 0.225 e. The van der Waals surface area contributed by atoms with Gasteiger partial charge in [0, 0.05) is 38.1 Å². The molecule has 0 spiro atoms. The minimum absolute atomic E-state index is 0.518. The molecule has 0 aliphatic rings. The summed E-state index contributed by atoms with van der Waals surface area (Å²) in [5, 5.41) is 3.38. The molecule has 1 rings (SSSR count). The maximum atomic E-state index is 4.29. The summed E-state index contributed by atoms with van der Waals surface area (Å²) in [6.45, 7) is 9.20. The lowest BCUT2D eigenvalue weighted by molar-refractivity contribution is 0.580. The van der Waals surface area contributed by atoms with Crippen molar-refractivity contribution in [3.8, 4) is 0 Å². The van der Waals surface area contributed by atoms with E-state index in [0.717, 1.165) is 30.1 Å². The topological polar surface area (TPSA) is 41.0 Å². The lowest BCUT2D eigenvalue weighted by atomic mass is 10.4. The molecule has 0 radical (unpaired) electrons. The van der Waals surface area contributed by atoms with Crippen molar-refractivity contribution in [3.63, 3.8) is 0 Å². The molecule has 16 heavy (non-hydrogen) atoms. The van der Waals surface area contributed by atoms with Crippen molar-refractivity contribution in [1.29, 1.82) is 0 Å². The molecule has 1 N–H and O–H groups in total. The maximum absolute atomic E-state index is 4.29. The van der Waals surface area contributed by atoms with Crippen molar-refractivity contribution in [1.82, 2.24) is 15.3 Å². The van der Waals surface area contributed by atoms with Crippen LogP contribution in [0.2, 0.25) is 0 Å². The molecular weight excluding hydrogens is 268 g/mol. The number of anilines is 1. The summed E-state index contributed by atoms with van der Waals surface area (Å²) in [7, 11) is 0. The highest BCUT2D eigenvalue weighted by Gasteiger charge is 2.06. The molecule has 1 heterocycles. The Morgan fingerprint density at radius 2 is 2.00 bits per heavy atom. The number of aromatic nitrogens is 2. The Morgan fingerprint density at radius 3 is 2.50 bits per heavy atom. The average Bonchev–Trinajstić information content (AvgIpc) is 2.26. The average molecular weight is 287 g/mol. The zero-order valence-electron chi connectivity index (χ0n) is 10.1. The first kappa shape index (κ1) is 13.4. The van der Waals surface area contributed by atoms with Gasteiger partial charge in [-0.15, -0.1) is 0 Å². The highest BCUT2D eigenvalue weighted by atomic mass is 79.9. The van der Waals surface area contributed by atoms with E-state index in [9.17, 15) is 0 Å². The Labute approximate surface area is 106 Å². The minimum atomic E-state index is 0.518. The normalized spacial score (nSPS) is 10.8. The van der Waals surface area contributed by atoms with E-state index < -0.39 is 0 Å². The largest absolute Gasteiger partial charge is 0.340 e. The van der Waals surface area contributed by atoms with Crippen molar-refractivity contribution in [3.05, 3.63) is 16.9 Å². The fourth-order valence-corrected chi connectivity index (χ4v) is 1.56. The molecule has 4 nitrogen and oxygen atoms in total. The lowest BCUT2D eigenvalue weighted by Crippen LogP contribution is -2.35. The second kappa shape index (κ2) is 6.81. The molecule has 0 saturated heterocycles. The first-order valence-electron chi connectivity index (χ1n) is 5.59. The van der Waals surface area contributed by atoms with E-state index in [4.69, 9.17) is 0 Å². The maximum Gasteiger partial charge on any atom is 0.225 e. The van der Waals surface area contributed by atoms with E-state index in [1.807, 2.05) is 0 Å². The zero-order valence-corrected chi connectivity index (χ0v) is 11.7. The number of hydrogen-bond donors (Lipinski definition) is 1. The molecule has 0 atom stereocenters. The third-order valence-electron chi connectivity index (χ3n) is 2.21. The third-order valence-corrected chi connectivity index (χ3v) is 2.62. The summed E-state index contributed by atoms with van der Waals surface area (Å²) in [5.74, 6) is 0.788. The van der Waals surface area contributed by atoms with Crippen molar-refractivity contribution in [2.45, 2.75) is 26.8 Å². The van der Waals surface area contributed by atoms with Crippen molar-refractivity contribution in [2.24, 2.45) is 0 Å². The Morgan fingerprint density at radius 1 is 1.38 bits per heavy atom. The summed E-state index contributed by atoms with van der Waals surface area (Å²) < 4.78 is 0.910. The molecular formula is C11H19BrN4. The minimum Gasteiger partial charge on any atom is -0.340 e. The number of nitrogens with one attached hydrogen (secondary N) is 1. The van der Waals surface area contributed by atoms with Gasteiger partial charge in [-0.3, -0.25) is 0 Å². The van der Waals surface area contributed by atoms with Gasteiger partial charge in [-0.25, -0.2) is 9.97 Å². The van der Waals surface area contributed by atoms with Gasteiger partial charge >= 0.3 is 0 Å². The number of nitrogens with zero attached hydrogens (tertiary/aromatic N) is 3. The molecule has 0 amide bonds. The van der Waals surface area contributed by atoms with E-state index >= 15 is 0 Å². The van der Waals surface area contributed by atoms with Gasteiger partial charge in [0.2, 0.25) is 5.95 Å². The van der Waals surface area contributed by atoms with Gasteiger partial charge < -0.3 is 10.2 Å². The molecule has 0 aliphatic heterocycles. The monoisotopic (exact) mass is 286 g/mol. The van der Waals surface area contributed by atoms with E-state index in [2.05, 4.69) is 56.9 Å². The molecule has 0 bridgehead atoms. The fraction of sp³-hybridized carbons (Fsp3) is 0.636. The summed E-state index contributed by atoms with van der Waals surface area (Å²) in [6.07, 6.45) is 3.56. The van der Waals surface area contributed by atoms with Crippen LogP contribution in [0.25, 0.3) is 0 Å². The van der Waals surface area contributed by atoms with Crippen LogP contribution < -0.4 is 10.2 Å². The van der Waals surface area contributed by atoms with Crippen LogP contribution in [-0.4, -0.2) is 35.6 Å². The molecule has 1 aromatic rings. The Bertz CT molecular complexity index is 299. The SMILES string of the molecule is CCN(CCNC(C)C)c1ncc(Br)cn1. The first-order chi connectivity index (χ1) is 7.63. The second-order valence-corrected chi connectivity index (χ2v) is 4.81. The number of rotatable bonds is 6. The summed E-state index contributed by atoms with van der Waals surface area (Å²) >= 11 is 3.33. The molecule has 0 fully saturated rings. The third kappa shape index (κ3) is 4.45. The van der Waals surface area contributed by atoms with Gasteiger partial charge in [-0.2, -0.15) is 0 Å². The number of likely N-dealkylation sites (N-methyl/N-ethyl adjacent to an activating group) is 1. The van der Waals surface area contributed by atoms with Crippen LogP contribution in [0.15, 0.2) is 16.9 Å². The summed E-state index contributed by atoms with van der Waals surface area (Å²) in [5.41, 5.74) is 0. The molecule has 0 aromatic carbocycles. The Hall–Kier alpha value is -0.680. The Balaban J connectivity index is 2.50. The highest BCUT2D eigenvalue weighted by molar-refractivity contribution is 9.10. The Kier molecular flexibility index (Phi) is 5.69. The van der Waals surface area contributed by atoms with Crippen molar-refractivity contribution in [2.75, 3.05) is 24.5 Å². The van der Waals surface area contributed by atoms with Gasteiger partial charge in [0.05, 0.1) is 4.47 Å². The van der Waals surface area contributed by atoms with Crippen LogP contribution in [0.4, 0.5) is 5.95 Å².